The Hall–Kier alpha value is -3.89. The van der Waals surface area contributed by atoms with Crippen LogP contribution >= 0.6 is 11.3 Å². The second kappa shape index (κ2) is 8.30. The summed E-state index contributed by atoms with van der Waals surface area (Å²) in [6, 6.07) is 8.68. The Labute approximate surface area is 227 Å². The van der Waals surface area contributed by atoms with Crippen LogP contribution in [0.3, 0.4) is 0 Å². The fourth-order valence-electron chi connectivity index (χ4n) is 6.42. The number of H-pyrrole nitrogens is 1. The lowest BCUT2D eigenvalue weighted by Crippen LogP contribution is -2.70. The Balaban J connectivity index is 0.964. The van der Waals surface area contributed by atoms with Gasteiger partial charge >= 0.3 is 0 Å². The van der Waals surface area contributed by atoms with E-state index in [1.165, 1.54) is 10.9 Å². The molecule has 3 fully saturated rings. The molecule has 2 bridgehead atoms. The van der Waals surface area contributed by atoms with Crippen LogP contribution in [0, 0.1) is 5.41 Å². The van der Waals surface area contributed by atoms with Gasteiger partial charge in [0.1, 0.15) is 12.0 Å². The van der Waals surface area contributed by atoms with E-state index in [1.54, 1.807) is 28.5 Å². The molecule has 2 N–H and O–H groups in total. The number of hydrogen-bond donors (Lipinski definition) is 2. The SMILES string of the molecule is CC(NCc1cc2cnc(Cn3cnc(-c4cncc(-n5ccc6cscc65)c4)n3)cc2[nH]1)C12CC(F)(C1)C2. The van der Waals surface area contributed by atoms with Crippen LogP contribution in [-0.4, -0.2) is 46.0 Å². The van der Waals surface area contributed by atoms with Crippen LogP contribution < -0.4 is 5.32 Å². The van der Waals surface area contributed by atoms with Gasteiger partial charge in [-0.25, -0.2) is 14.1 Å². The zero-order valence-electron chi connectivity index (χ0n) is 21.4. The molecule has 3 saturated carbocycles. The largest absolute Gasteiger partial charge is 0.357 e. The van der Waals surface area contributed by atoms with E-state index in [0.29, 0.717) is 37.7 Å². The highest BCUT2D eigenvalue weighted by molar-refractivity contribution is 7.09. The van der Waals surface area contributed by atoms with E-state index in [2.05, 4.69) is 78.0 Å². The molecule has 0 amide bonds. The topological polar surface area (TPSA) is 89.2 Å². The van der Waals surface area contributed by atoms with Gasteiger partial charge in [0.15, 0.2) is 5.82 Å². The Morgan fingerprint density at radius 1 is 1.10 bits per heavy atom. The Kier molecular flexibility index (Phi) is 4.90. The van der Waals surface area contributed by atoms with Gasteiger partial charge in [-0.3, -0.25) is 9.97 Å². The lowest BCUT2D eigenvalue weighted by atomic mass is 9.40. The van der Waals surface area contributed by atoms with Gasteiger partial charge < -0.3 is 14.9 Å². The van der Waals surface area contributed by atoms with Crippen LogP contribution in [0.2, 0.25) is 0 Å². The molecule has 196 valence electrons. The first-order valence-electron chi connectivity index (χ1n) is 13.2. The molecule has 39 heavy (non-hydrogen) atoms. The van der Waals surface area contributed by atoms with Crippen LogP contribution in [0.15, 0.2) is 66.1 Å². The molecule has 8 nitrogen and oxygen atoms in total. The van der Waals surface area contributed by atoms with Gasteiger partial charge in [-0.15, -0.1) is 11.3 Å². The van der Waals surface area contributed by atoms with E-state index in [4.69, 9.17) is 5.10 Å². The molecule has 6 aromatic rings. The number of aromatic nitrogens is 7. The molecule has 6 aromatic heterocycles. The van der Waals surface area contributed by atoms with Crippen molar-refractivity contribution in [2.75, 3.05) is 0 Å². The van der Waals surface area contributed by atoms with Gasteiger partial charge in [0.2, 0.25) is 0 Å². The van der Waals surface area contributed by atoms with Crippen molar-refractivity contribution in [2.24, 2.45) is 5.41 Å². The van der Waals surface area contributed by atoms with Crippen molar-refractivity contribution in [3.8, 4) is 17.1 Å². The summed E-state index contributed by atoms with van der Waals surface area (Å²) in [5, 5.41) is 14.9. The van der Waals surface area contributed by atoms with Crippen molar-refractivity contribution in [2.45, 2.75) is 51.0 Å². The second-order valence-corrected chi connectivity index (χ2v) is 12.0. The van der Waals surface area contributed by atoms with E-state index in [9.17, 15) is 4.39 Å². The second-order valence-electron chi connectivity index (χ2n) is 11.3. The summed E-state index contributed by atoms with van der Waals surface area (Å²) < 4.78 is 17.8. The summed E-state index contributed by atoms with van der Waals surface area (Å²) in [5.41, 5.74) is 5.37. The predicted octanol–water partition coefficient (Wildman–Crippen LogP) is 5.64. The van der Waals surface area contributed by atoms with E-state index in [1.807, 2.05) is 12.4 Å². The van der Waals surface area contributed by atoms with Gasteiger partial charge in [0.25, 0.3) is 0 Å². The van der Waals surface area contributed by atoms with Gasteiger partial charge in [-0.2, -0.15) is 5.10 Å². The number of thiophene rings is 1. The Morgan fingerprint density at radius 2 is 2.00 bits per heavy atom. The smallest absolute Gasteiger partial charge is 0.182 e. The molecule has 0 spiro atoms. The summed E-state index contributed by atoms with van der Waals surface area (Å²) in [4.78, 5) is 17.2. The number of halogens is 1. The van der Waals surface area contributed by atoms with Crippen LogP contribution in [0.4, 0.5) is 4.39 Å². The molecule has 3 aliphatic rings. The molecule has 9 rings (SSSR count). The number of hydrogen-bond acceptors (Lipinski definition) is 6. The van der Waals surface area contributed by atoms with Crippen molar-refractivity contribution in [1.29, 1.82) is 0 Å². The zero-order valence-corrected chi connectivity index (χ0v) is 22.2. The molecule has 0 radical (unpaired) electrons. The third kappa shape index (κ3) is 3.81. The summed E-state index contributed by atoms with van der Waals surface area (Å²) in [6.45, 7) is 3.43. The predicted molar refractivity (Wildman–Crippen MR) is 150 cm³/mol. The molecule has 0 aliphatic heterocycles. The third-order valence-corrected chi connectivity index (χ3v) is 9.34. The van der Waals surface area contributed by atoms with Crippen molar-refractivity contribution < 1.29 is 4.39 Å². The molecule has 0 aromatic carbocycles. The standard InChI is InChI=1S/C29H27FN8S/c1-18(28-14-29(30,15-28)16-28)32-9-22-4-20-8-33-23(6-25(20)35-22)11-37-17-34-27(36-37)21-5-24(10-31-7-21)38-3-2-19-12-39-13-26(19)38/h2-8,10,12-13,17-18,32,35H,9,11,14-16H2,1H3. The van der Waals surface area contributed by atoms with Gasteiger partial charge in [0.05, 0.1) is 29.6 Å². The fraction of sp³-hybridized carbons (Fsp3) is 0.310. The van der Waals surface area contributed by atoms with Gasteiger partial charge in [-0.05, 0) is 55.9 Å². The van der Waals surface area contributed by atoms with Crippen LogP contribution in [-0.2, 0) is 13.1 Å². The zero-order chi connectivity index (χ0) is 26.2. The van der Waals surface area contributed by atoms with E-state index < -0.39 is 5.67 Å². The first-order valence-corrected chi connectivity index (χ1v) is 14.2. The molecular weight excluding hydrogens is 511 g/mol. The average molecular weight is 539 g/mol. The molecule has 0 saturated heterocycles. The highest BCUT2D eigenvalue weighted by atomic mass is 32.1. The van der Waals surface area contributed by atoms with Gasteiger partial charge in [0, 0.05) is 69.5 Å². The van der Waals surface area contributed by atoms with E-state index >= 15 is 0 Å². The van der Waals surface area contributed by atoms with Crippen molar-refractivity contribution in [3.63, 3.8) is 0 Å². The summed E-state index contributed by atoms with van der Waals surface area (Å²) in [5.74, 6) is 0.629. The molecular formula is C29H27FN8S. The summed E-state index contributed by atoms with van der Waals surface area (Å²) in [7, 11) is 0. The van der Waals surface area contributed by atoms with Crippen molar-refractivity contribution in [3.05, 3.63) is 77.5 Å². The number of nitrogens with one attached hydrogen (secondary N) is 2. The number of fused-ring (bicyclic) bond motifs is 2. The van der Waals surface area contributed by atoms with Crippen molar-refractivity contribution in [1.82, 2.24) is 39.6 Å². The van der Waals surface area contributed by atoms with E-state index in [0.717, 1.165) is 40.1 Å². The van der Waals surface area contributed by atoms with Crippen LogP contribution in [0.25, 0.3) is 38.9 Å². The first kappa shape index (κ1) is 23.0. The van der Waals surface area contributed by atoms with Crippen LogP contribution in [0.1, 0.15) is 37.6 Å². The molecule has 1 unspecified atom stereocenters. The van der Waals surface area contributed by atoms with E-state index in [-0.39, 0.29) is 5.41 Å². The lowest BCUT2D eigenvalue weighted by Gasteiger charge is -2.68. The summed E-state index contributed by atoms with van der Waals surface area (Å²) in [6.07, 6.45) is 11.5. The molecule has 6 heterocycles. The first-order chi connectivity index (χ1) is 19.0. The highest BCUT2D eigenvalue weighted by Gasteiger charge is 2.70. The number of nitrogens with zero attached hydrogens (tertiary/aromatic N) is 6. The quantitative estimate of drug-likeness (QED) is 0.262. The highest BCUT2D eigenvalue weighted by Crippen LogP contribution is 2.70. The maximum absolute atomic E-state index is 13.9. The average Bonchev–Trinajstić information content (AvgIpc) is 3.69. The number of alkyl halides is 1. The number of aromatic amines is 1. The lowest BCUT2D eigenvalue weighted by molar-refractivity contribution is -0.226. The molecule has 3 aliphatic carbocycles. The minimum absolute atomic E-state index is 0.169. The molecule has 10 heteroatoms. The maximum atomic E-state index is 13.9. The van der Waals surface area contributed by atoms with Crippen molar-refractivity contribution >= 4 is 33.1 Å². The third-order valence-electron chi connectivity index (χ3n) is 8.59. The Bertz CT molecular complexity index is 1820. The maximum Gasteiger partial charge on any atom is 0.182 e. The van der Waals surface area contributed by atoms with Crippen LogP contribution in [0.5, 0.6) is 0 Å². The number of pyridine rings is 2. The number of rotatable bonds is 8. The normalized spacial score (nSPS) is 22.7. The summed E-state index contributed by atoms with van der Waals surface area (Å²) >= 11 is 1.69. The minimum Gasteiger partial charge on any atom is -0.357 e. The Morgan fingerprint density at radius 3 is 2.87 bits per heavy atom. The van der Waals surface area contributed by atoms with Gasteiger partial charge in [-0.1, -0.05) is 0 Å². The monoisotopic (exact) mass is 538 g/mol. The minimum atomic E-state index is -0.856. The fourth-order valence-corrected chi connectivity index (χ4v) is 7.21. The molecule has 1 atom stereocenters.